The number of methoxy groups -OCH3 is 1. The van der Waals surface area contributed by atoms with E-state index in [9.17, 15) is 4.79 Å². The van der Waals surface area contributed by atoms with Crippen molar-refractivity contribution in [3.8, 4) is 0 Å². The van der Waals surface area contributed by atoms with Gasteiger partial charge in [-0.1, -0.05) is 13.8 Å². The molecule has 0 aromatic rings. The Morgan fingerprint density at radius 3 is 2.57 bits per heavy atom. The molecule has 2 rings (SSSR count). The molecule has 1 saturated heterocycles. The van der Waals surface area contributed by atoms with E-state index in [1.807, 2.05) is 6.92 Å². The molecule has 0 spiro atoms. The van der Waals surface area contributed by atoms with Gasteiger partial charge < -0.3 is 9.64 Å². The van der Waals surface area contributed by atoms with E-state index in [1.54, 1.807) is 0 Å². The van der Waals surface area contributed by atoms with Gasteiger partial charge in [0, 0.05) is 12.6 Å². The molecular weight excluding hydrogens is 264 g/mol. The first-order valence-electron chi connectivity index (χ1n) is 8.53. The SMILES string of the molecule is COC(=O)C(C)(CCCN1CCC(C)C(C)C1)NC1CC1. The Morgan fingerprint density at radius 1 is 1.29 bits per heavy atom. The maximum absolute atomic E-state index is 12.1. The molecule has 0 bridgehead atoms. The zero-order chi connectivity index (χ0) is 15.5. The number of nitrogens with zero attached hydrogens (tertiary/aromatic N) is 1. The number of likely N-dealkylation sites (tertiary alicyclic amines) is 1. The highest BCUT2D eigenvalue weighted by molar-refractivity contribution is 5.80. The lowest BCUT2D eigenvalue weighted by atomic mass is 9.88. The molecule has 2 fully saturated rings. The van der Waals surface area contributed by atoms with Crippen molar-refractivity contribution in [2.24, 2.45) is 11.8 Å². The first kappa shape index (κ1) is 16.8. The number of nitrogens with one attached hydrogen (secondary N) is 1. The Kier molecular flexibility index (Phi) is 5.67. The van der Waals surface area contributed by atoms with Gasteiger partial charge in [-0.15, -0.1) is 0 Å². The Labute approximate surface area is 129 Å². The summed E-state index contributed by atoms with van der Waals surface area (Å²) in [7, 11) is 1.49. The standard InChI is InChI=1S/C17H32N2O2/c1-13-8-11-19(12-14(13)2)10-5-9-17(3,16(20)21-4)18-15-6-7-15/h13-15,18H,5-12H2,1-4H3. The molecule has 1 heterocycles. The maximum Gasteiger partial charge on any atom is 0.325 e. The van der Waals surface area contributed by atoms with Crippen molar-refractivity contribution >= 4 is 5.97 Å². The van der Waals surface area contributed by atoms with Crippen LogP contribution in [0.1, 0.15) is 52.9 Å². The van der Waals surface area contributed by atoms with Crippen molar-refractivity contribution < 1.29 is 9.53 Å². The second-order valence-electron chi connectivity index (χ2n) is 7.39. The molecule has 1 N–H and O–H groups in total. The van der Waals surface area contributed by atoms with Crippen LogP contribution >= 0.6 is 0 Å². The van der Waals surface area contributed by atoms with Crippen LogP contribution in [0.3, 0.4) is 0 Å². The lowest BCUT2D eigenvalue weighted by molar-refractivity contribution is -0.148. The molecule has 2 aliphatic rings. The van der Waals surface area contributed by atoms with Gasteiger partial charge >= 0.3 is 5.97 Å². The molecule has 122 valence electrons. The fourth-order valence-electron chi connectivity index (χ4n) is 3.35. The molecule has 4 nitrogen and oxygen atoms in total. The van der Waals surface area contributed by atoms with Gasteiger partial charge in [0.05, 0.1) is 7.11 Å². The molecule has 3 atom stereocenters. The summed E-state index contributed by atoms with van der Waals surface area (Å²) in [6.07, 6.45) is 5.58. The molecule has 3 unspecified atom stereocenters. The molecule has 4 heteroatoms. The fourth-order valence-corrected chi connectivity index (χ4v) is 3.35. The fraction of sp³-hybridized carbons (Fsp3) is 0.941. The number of piperidine rings is 1. The third kappa shape index (κ3) is 4.68. The third-order valence-corrected chi connectivity index (χ3v) is 5.31. The second-order valence-corrected chi connectivity index (χ2v) is 7.39. The lowest BCUT2D eigenvalue weighted by Crippen LogP contribution is -2.51. The van der Waals surface area contributed by atoms with E-state index in [2.05, 4.69) is 24.1 Å². The van der Waals surface area contributed by atoms with E-state index in [0.29, 0.717) is 6.04 Å². The zero-order valence-electron chi connectivity index (χ0n) is 14.2. The Hall–Kier alpha value is -0.610. The quantitative estimate of drug-likeness (QED) is 0.733. The number of hydrogen-bond donors (Lipinski definition) is 1. The van der Waals surface area contributed by atoms with Crippen LogP contribution in [0, 0.1) is 11.8 Å². The first-order valence-corrected chi connectivity index (χ1v) is 8.53. The molecule has 0 radical (unpaired) electrons. The molecule has 21 heavy (non-hydrogen) atoms. The number of rotatable bonds is 7. The Bertz CT molecular complexity index is 357. The monoisotopic (exact) mass is 296 g/mol. The number of hydrogen-bond acceptors (Lipinski definition) is 4. The Morgan fingerprint density at radius 2 is 2.00 bits per heavy atom. The Balaban J connectivity index is 1.77. The summed E-state index contributed by atoms with van der Waals surface area (Å²) in [4.78, 5) is 14.6. The minimum Gasteiger partial charge on any atom is -0.468 e. The highest BCUT2D eigenvalue weighted by atomic mass is 16.5. The normalized spacial score (nSPS) is 29.9. The highest BCUT2D eigenvalue weighted by Gasteiger charge is 2.39. The molecule has 0 aromatic heterocycles. The zero-order valence-corrected chi connectivity index (χ0v) is 14.2. The van der Waals surface area contributed by atoms with Gasteiger partial charge in [0.1, 0.15) is 5.54 Å². The van der Waals surface area contributed by atoms with Crippen molar-refractivity contribution in [1.82, 2.24) is 10.2 Å². The summed E-state index contributed by atoms with van der Waals surface area (Å²) >= 11 is 0. The molecular formula is C17H32N2O2. The van der Waals surface area contributed by atoms with Crippen LogP contribution < -0.4 is 5.32 Å². The van der Waals surface area contributed by atoms with Crippen LogP contribution in [0.25, 0.3) is 0 Å². The van der Waals surface area contributed by atoms with E-state index in [-0.39, 0.29) is 5.97 Å². The van der Waals surface area contributed by atoms with Crippen LogP contribution in [-0.2, 0) is 9.53 Å². The highest BCUT2D eigenvalue weighted by Crippen LogP contribution is 2.27. The summed E-state index contributed by atoms with van der Waals surface area (Å²) < 4.78 is 5.00. The van der Waals surface area contributed by atoms with Gasteiger partial charge in [0.25, 0.3) is 0 Å². The first-order chi connectivity index (χ1) is 9.94. The van der Waals surface area contributed by atoms with Crippen LogP contribution in [0.15, 0.2) is 0 Å². The third-order valence-electron chi connectivity index (χ3n) is 5.31. The largest absolute Gasteiger partial charge is 0.468 e. The van der Waals surface area contributed by atoms with Gasteiger partial charge in [0.2, 0.25) is 0 Å². The van der Waals surface area contributed by atoms with Gasteiger partial charge in [-0.25, -0.2) is 0 Å². The van der Waals surface area contributed by atoms with E-state index < -0.39 is 5.54 Å². The average Bonchev–Trinajstić information content (AvgIpc) is 3.25. The van der Waals surface area contributed by atoms with Gasteiger partial charge in [-0.05, 0) is 64.0 Å². The minimum atomic E-state index is -0.509. The van der Waals surface area contributed by atoms with Crippen molar-refractivity contribution in [2.45, 2.75) is 64.5 Å². The number of esters is 1. The summed E-state index contributed by atoms with van der Waals surface area (Å²) in [5, 5.41) is 3.48. The molecule has 1 aliphatic heterocycles. The van der Waals surface area contributed by atoms with Crippen LogP contribution in [0.5, 0.6) is 0 Å². The topological polar surface area (TPSA) is 41.6 Å². The van der Waals surface area contributed by atoms with Gasteiger partial charge in [-0.3, -0.25) is 10.1 Å². The van der Waals surface area contributed by atoms with Crippen molar-refractivity contribution in [3.63, 3.8) is 0 Å². The van der Waals surface area contributed by atoms with E-state index in [1.165, 1.54) is 39.5 Å². The molecule has 1 aliphatic carbocycles. The van der Waals surface area contributed by atoms with E-state index >= 15 is 0 Å². The van der Waals surface area contributed by atoms with Crippen LogP contribution in [-0.4, -0.2) is 49.2 Å². The number of carbonyl (C=O) groups is 1. The molecule has 0 amide bonds. The predicted octanol–water partition coefficient (Wildman–Crippen LogP) is 2.43. The van der Waals surface area contributed by atoms with Crippen LogP contribution in [0.2, 0.25) is 0 Å². The molecule has 0 aromatic carbocycles. The summed E-state index contributed by atoms with van der Waals surface area (Å²) in [5.41, 5.74) is -0.509. The van der Waals surface area contributed by atoms with E-state index in [0.717, 1.165) is 31.2 Å². The maximum atomic E-state index is 12.1. The smallest absolute Gasteiger partial charge is 0.325 e. The van der Waals surface area contributed by atoms with Gasteiger partial charge in [0.15, 0.2) is 0 Å². The molecule has 1 saturated carbocycles. The van der Waals surface area contributed by atoms with Crippen LogP contribution in [0.4, 0.5) is 0 Å². The summed E-state index contributed by atoms with van der Waals surface area (Å²) in [6, 6.07) is 0.518. The van der Waals surface area contributed by atoms with Crippen molar-refractivity contribution in [3.05, 3.63) is 0 Å². The lowest BCUT2D eigenvalue weighted by Gasteiger charge is -2.36. The minimum absolute atomic E-state index is 0.116. The van der Waals surface area contributed by atoms with E-state index in [4.69, 9.17) is 4.74 Å². The number of ether oxygens (including phenoxy) is 1. The predicted molar refractivity (Wildman–Crippen MR) is 85.2 cm³/mol. The number of carbonyl (C=O) groups excluding carboxylic acids is 1. The van der Waals surface area contributed by atoms with Crippen molar-refractivity contribution in [1.29, 1.82) is 0 Å². The average molecular weight is 296 g/mol. The second kappa shape index (κ2) is 7.10. The summed E-state index contributed by atoms with van der Waals surface area (Å²) in [6.45, 7) is 10.2. The summed E-state index contributed by atoms with van der Waals surface area (Å²) in [5.74, 6) is 1.52. The van der Waals surface area contributed by atoms with Crippen molar-refractivity contribution in [2.75, 3.05) is 26.7 Å². The van der Waals surface area contributed by atoms with Gasteiger partial charge in [-0.2, -0.15) is 0 Å².